The van der Waals surface area contributed by atoms with E-state index >= 15 is 0 Å². The Morgan fingerprint density at radius 2 is 2.11 bits per heavy atom. The summed E-state index contributed by atoms with van der Waals surface area (Å²) < 4.78 is 5.42. The fourth-order valence-corrected chi connectivity index (χ4v) is 1.63. The summed E-state index contributed by atoms with van der Waals surface area (Å²) >= 11 is 0. The van der Waals surface area contributed by atoms with Crippen LogP contribution in [-0.2, 0) is 0 Å². The SMILES string of the molecule is CC(=O)c1cc(OCCCCCO)ccc1[N+](=O)[O-]. The number of ether oxygens (including phenoxy) is 1. The van der Waals surface area contributed by atoms with Crippen LogP contribution in [0.15, 0.2) is 18.2 Å². The standard InChI is InChI=1S/C13H17NO5/c1-10(16)12-9-11(5-6-13(12)14(17)18)19-8-4-2-3-7-15/h5-6,9,15H,2-4,7-8H2,1H3. The van der Waals surface area contributed by atoms with Crippen LogP contribution >= 0.6 is 0 Å². The first kappa shape index (κ1) is 15.1. The van der Waals surface area contributed by atoms with Gasteiger partial charge in [-0.1, -0.05) is 0 Å². The number of hydrogen-bond acceptors (Lipinski definition) is 5. The second-order valence-corrected chi connectivity index (χ2v) is 4.12. The Kier molecular flexibility index (Phi) is 5.95. The van der Waals surface area contributed by atoms with Gasteiger partial charge in [-0.05, 0) is 38.3 Å². The summed E-state index contributed by atoms with van der Waals surface area (Å²) in [4.78, 5) is 21.5. The number of nitro benzene ring substituents is 1. The first-order valence-corrected chi connectivity index (χ1v) is 6.09. The Morgan fingerprint density at radius 1 is 1.37 bits per heavy atom. The van der Waals surface area contributed by atoms with Crippen LogP contribution in [-0.4, -0.2) is 29.0 Å². The van der Waals surface area contributed by atoms with Gasteiger partial charge in [-0.2, -0.15) is 0 Å². The highest BCUT2D eigenvalue weighted by atomic mass is 16.6. The fourth-order valence-electron chi connectivity index (χ4n) is 1.63. The number of aliphatic hydroxyl groups excluding tert-OH is 1. The van der Waals surface area contributed by atoms with Crippen LogP contribution in [0, 0.1) is 10.1 Å². The number of nitro groups is 1. The van der Waals surface area contributed by atoms with Crippen molar-refractivity contribution in [2.24, 2.45) is 0 Å². The molecule has 19 heavy (non-hydrogen) atoms. The number of carbonyl (C=O) groups excluding carboxylic acids is 1. The zero-order chi connectivity index (χ0) is 14.3. The molecular formula is C13H17NO5. The zero-order valence-corrected chi connectivity index (χ0v) is 10.8. The predicted octanol–water partition coefficient (Wildman–Crippen LogP) is 2.34. The van der Waals surface area contributed by atoms with Crippen molar-refractivity contribution in [2.45, 2.75) is 26.2 Å². The molecule has 0 bridgehead atoms. The maximum Gasteiger partial charge on any atom is 0.280 e. The summed E-state index contributed by atoms with van der Waals surface area (Å²) in [6.07, 6.45) is 2.36. The van der Waals surface area contributed by atoms with E-state index in [4.69, 9.17) is 9.84 Å². The largest absolute Gasteiger partial charge is 0.494 e. The summed E-state index contributed by atoms with van der Waals surface area (Å²) in [5, 5.41) is 19.4. The Hall–Kier alpha value is -1.95. The van der Waals surface area contributed by atoms with Gasteiger partial charge in [0.25, 0.3) is 5.69 Å². The third-order valence-corrected chi connectivity index (χ3v) is 2.62. The normalized spacial score (nSPS) is 10.2. The van der Waals surface area contributed by atoms with Crippen LogP contribution in [0.4, 0.5) is 5.69 Å². The van der Waals surface area contributed by atoms with Crippen LogP contribution in [0.2, 0.25) is 0 Å². The lowest BCUT2D eigenvalue weighted by molar-refractivity contribution is -0.385. The molecule has 0 aliphatic heterocycles. The molecule has 0 unspecified atom stereocenters. The van der Waals surface area contributed by atoms with E-state index in [2.05, 4.69) is 0 Å². The zero-order valence-electron chi connectivity index (χ0n) is 10.8. The van der Waals surface area contributed by atoms with Gasteiger partial charge in [0.05, 0.1) is 17.1 Å². The van der Waals surface area contributed by atoms with Crippen molar-refractivity contribution in [3.8, 4) is 5.75 Å². The van der Waals surface area contributed by atoms with Gasteiger partial charge in [-0.25, -0.2) is 0 Å². The van der Waals surface area contributed by atoms with Gasteiger partial charge < -0.3 is 9.84 Å². The van der Waals surface area contributed by atoms with Crippen molar-refractivity contribution in [1.82, 2.24) is 0 Å². The Bertz CT molecular complexity index is 458. The molecular weight excluding hydrogens is 250 g/mol. The molecule has 0 amide bonds. The molecule has 6 nitrogen and oxygen atoms in total. The number of rotatable bonds is 8. The number of Topliss-reactive ketones (excluding diaryl/α,β-unsaturated/α-hetero) is 1. The molecule has 0 spiro atoms. The van der Waals surface area contributed by atoms with Gasteiger partial charge in [-0.15, -0.1) is 0 Å². The monoisotopic (exact) mass is 267 g/mol. The van der Waals surface area contributed by atoms with Crippen molar-refractivity contribution in [2.75, 3.05) is 13.2 Å². The Labute approximate surface area is 111 Å². The number of benzene rings is 1. The van der Waals surface area contributed by atoms with E-state index in [1.54, 1.807) is 0 Å². The minimum atomic E-state index is -0.582. The van der Waals surface area contributed by atoms with Crippen molar-refractivity contribution < 1.29 is 19.6 Å². The summed E-state index contributed by atoms with van der Waals surface area (Å²) in [6.45, 7) is 1.90. The van der Waals surface area contributed by atoms with Crippen LogP contribution in [0.3, 0.4) is 0 Å². The molecule has 0 aliphatic carbocycles. The number of carbonyl (C=O) groups is 1. The lowest BCUT2D eigenvalue weighted by Gasteiger charge is -2.07. The van der Waals surface area contributed by atoms with E-state index in [1.807, 2.05) is 0 Å². The van der Waals surface area contributed by atoms with Gasteiger partial charge in [0, 0.05) is 12.7 Å². The average Bonchev–Trinajstić information content (AvgIpc) is 2.38. The molecule has 0 saturated carbocycles. The van der Waals surface area contributed by atoms with E-state index in [0.717, 1.165) is 19.3 Å². The highest BCUT2D eigenvalue weighted by molar-refractivity contribution is 5.98. The quantitative estimate of drug-likeness (QED) is 0.338. The maximum absolute atomic E-state index is 11.4. The molecule has 104 valence electrons. The van der Waals surface area contributed by atoms with Gasteiger partial charge in [0.2, 0.25) is 0 Å². The summed E-state index contributed by atoms with van der Waals surface area (Å²) in [6, 6.07) is 4.16. The molecule has 0 saturated heterocycles. The second-order valence-electron chi connectivity index (χ2n) is 4.12. The van der Waals surface area contributed by atoms with Gasteiger partial charge in [0.15, 0.2) is 5.78 Å². The lowest BCUT2D eigenvalue weighted by Crippen LogP contribution is -2.03. The Morgan fingerprint density at radius 3 is 2.68 bits per heavy atom. The summed E-state index contributed by atoms with van der Waals surface area (Å²) in [5.41, 5.74) is -0.155. The van der Waals surface area contributed by atoms with E-state index in [9.17, 15) is 14.9 Å². The number of hydrogen-bond donors (Lipinski definition) is 1. The highest BCUT2D eigenvalue weighted by Crippen LogP contribution is 2.24. The van der Waals surface area contributed by atoms with Crippen LogP contribution in [0.1, 0.15) is 36.5 Å². The molecule has 6 heteroatoms. The topological polar surface area (TPSA) is 89.7 Å². The van der Waals surface area contributed by atoms with E-state index in [0.29, 0.717) is 12.4 Å². The summed E-state index contributed by atoms with van der Waals surface area (Å²) in [7, 11) is 0. The van der Waals surface area contributed by atoms with Crippen molar-refractivity contribution in [3.63, 3.8) is 0 Å². The van der Waals surface area contributed by atoms with Crippen LogP contribution in [0.25, 0.3) is 0 Å². The Balaban J connectivity index is 2.68. The number of aliphatic hydroxyl groups is 1. The van der Waals surface area contributed by atoms with E-state index in [-0.39, 0.29) is 23.6 Å². The molecule has 1 N–H and O–H groups in total. The fraction of sp³-hybridized carbons (Fsp3) is 0.462. The third-order valence-electron chi connectivity index (χ3n) is 2.62. The number of unbranched alkanes of at least 4 members (excludes halogenated alkanes) is 2. The van der Waals surface area contributed by atoms with Crippen molar-refractivity contribution in [3.05, 3.63) is 33.9 Å². The second kappa shape index (κ2) is 7.48. The minimum Gasteiger partial charge on any atom is -0.494 e. The first-order chi connectivity index (χ1) is 9.06. The van der Waals surface area contributed by atoms with Crippen molar-refractivity contribution >= 4 is 11.5 Å². The lowest BCUT2D eigenvalue weighted by atomic mass is 10.1. The number of ketones is 1. The van der Waals surface area contributed by atoms with E-state index < -0.39 is 4.92 Å². The van der Waals surface area contributed by atoms with Gasteiger partial charge in [-0.3, -0.25) is 14.9 Å². The molecule has 0 fully saturated rings. The molecule has 1 aromatic rings. The maximum atomic E-state index is 11.4. The number of nitrogens with zero attached hydrogens (tertiary/aromatic N) is 1. The van der Waals surface area contributed by atoms with E-state index in [1.165, 1.54) is 25.1 Å². The minimum absolute atomic E-state index is 0.0536. The predicted molar refractivity (Wildman–Crippen MR) is 69.5 cm³/mol. The van der Waals surface area contributed by atoms with Crippen LogP contribution in [0.5, 0.6) is 5.75 Å². The molecule has 1 rings (SSSR count). The molecule has 0 aromatic heterocycles. The first-order valence-electron chi connectivity index (χ1n) is 6.09. The van der Waals surface area contributed by atoms with Gasteiger partial charge >= 0.3 is 0 Å². The average molecular weight is 267 g/mol. The molecule has 0 heterocycles. The third kappa shape index (κ3) is 4.67. The highest BCUT2D eigenvalue weighted by Gasteiger charge is 2.17. The summed E-state index contributed by atoms with van der Waals surface area (Å²) in [5.74, 6) is 0.0808. The molecule has 0 aliphatic rings. The van der Waals surface area contributed by atoms with Crippen LogP contribution < -0.4 is 4.74 Å². The van der Waals surface area contributed by atoms with Gasteiger partial charge in [0.1, 0.15) is 5.75 Å². The van der Waals surface area contributed by atoms with Crippen molar-refractivity contribution in [1.29, 1.82) is 0 Å². The molecule has 1 aromatic carbocycles. The smallest absolute Gasteiger partial charge is 0.280 e. The molecule has 0 radical (unpaired) electrons. The molecule has 0 atom stereocenters.